The highest BCUT2D eigenvalue weighted by molar-refractivity contribution is 5.91. The first-order valence-corrected chi connectivity index (χ1v) is 4.97. The Labute approximate surface area is 93.6 Å². The predicted molar refractivity (Wildman–Crippen MR) is 60.1 cm³/mol. The van der Waals surface area contributed by atoms with Crippen LogP contribution < -0.4 is 5.32 Å². The Kier molecular flexibility index (Phi) is 4.66. The van der Waals surface area contributed by atoms with E-state index in [0.717, 1.165) is 5.56 Å². The van der Waals surface area contributed by atoms with E-state index in [1.54, 1.807) is 25.1 Å². The van der Waals surface area contributed by atoms with Crippen LogP contribution in [0.2, 0.25) is 0 Å². The lowest BCUT2D eigenvalue weighted by Gasteiger charge is -2.03. The second kappa shape index (κ2) is 6.02. The van der Waals surface area contributed by atoms with Gasteiger partial charge in [-0.25, -0.2) is 4.39 Å². The molecule has 4 heteroatoms. The van der Waals surface area contributed by atoms with Crippen molar-refractivity contribution in [2.24, 2.45) is 0 Å². The summed E-state index contributed by atoms with van der Waals surface area (Å²) in [5.41, 5.74) is 0.744. The average molecular weight is 223 g/mol. The first-order chi connectivity index (χ1) is 7.58. The Bertz CT molecular complexity index is 371. The van der Waals surface area contributed by atoms with Crippen molar-refractivity contribution in [3.05, 3.63) is 41.7 Å². The number of rotatable bonds is 4. The number of aliphatic hydroxyl groups is 1. The number of carbonyl (C=O) groups is 1. The standard InChI is InChI=1S/C12H14FNO2/c1-9(15)8-14-12(16)7-4-10-2-5-11(13)6-3-10/h2-7,9,15H,8H2,1H3,(H,14,16)/b7-4+/t9-/m0/s1. The highest BCUT2D eigenvalue weighted by Gasteiger charge is 1.98. The van der Waals surface area contributed by atoms with Crippen molar-refractivity contribution in [1.82, 2.24) is 5.32 Å². The molecule has 1 rings (SSSR count). The first kappa shape index (κ1) is 12.4. The minimum absolute atomic E-state index is 0.215. The van der Waals surface area contributed by atoms with Gasteiger partial charge in [0.2, 0.25) is 5.91 Å². The van der Waals surface area contributed by atoms with Gasteiger partial charge in [-0.2, -0.15) is 0 Å². The molecular formula is C12H14FNO2. The highest BCUT2D eigenvalue weighted by Crippen LogP contribution is 2.04. The predicted octanol–water partition coefficient (Wildman–Crippen LogP) is 1.34. The van der Waals surface area contributed by atoms with Crippen LogP contribution in [0.1, 0.15) is 12.5 Å². The van der Waals surface area contributed by atoms with Crippen LogP contribution in [-0.2, 0) is 4.79 Å². The van der Waals surface area contributed by atoms with Gasteiger partial charge in [0.05, 0.1) is 6.10 Å². The minimum atomic E-state index is -0.567. The second-order valence-corrected chi connectivity index (χ2v) is 3.48. The molecule has 0 unspecified atom stereocenters. The van der Waals surface area contributed by atoms with E-state index in [2.05, 4.69) is 5.32 Å². The van der Waals surface area contributed by atoms with E-state index in [4.69, 9.17) is 5.11 Å². The Balaban J connectivity index is 2.47. The summed E-state index contributed by atoms with van der Waals surface area (Å²) in [6.45, 7) is 1.80. The Hall–Kier alpha value is -1.68. The summed E-state index contributed by atoms with van der Waals surface area (Å²) in [6, 6.07) is 5.81. The van der Waals surface area contributed by atoms with E-state index in [1.807, 2.05) is 0 Å². The fourth-order valence-corrected chi connectivity index (χ4v) is 1.05. The number of aliphatic hydroxyl groups excluding tert-OH is 1. The van der Waals surface area contributed by atoms with Crippen LogP contribution >= 0.6 is 0 Å². The van der Waals surface area contributed by atoms with Gasteiger partial charge in [0, 0.05) is 12.6 Å². The normalized spacial score (nSPS) is 12.7. The molecule has 0 aromatic heterocycles. The van der Waals surface area contributed by atoms with Gasteiger partial charge in [-0.05, 0) is 30.7 Å². The fourth-order valence-electron chi connectivity index (χ4n) is 1.05. The van der Waals surface area contributed by atoms with Crippen LogP contribution in [0.3, 0.4) is 0 Å². The zero-order chi connectivity index (χ0) is 12.0. The van der Waals surface area contributed by atoms with Gasteiger partial charge in [-0.1, -0.05) is 12.1 Å². The van der Waals surface area contributed by atoms with E-state index in [-0.39, 0.29) is 18.3 Å². The Morgan fingerprint density at radius 1 is 1.50 bits per heavy atom. The second-order valence-electron chi connectivity index (χ2n) is 3.48. The lowest BCUT2D eigenvalue weighted by molar-refractivity contribution is -0.116. The molecule has 0 spiro atoms. The number of hydrogen-bond acceptors (Lipinski definition) is 2. The van der Waals surface area contributed by atoms with E-state index < -0.39 is 6.10 Å². The maximum Gasteiger partial charge on any atom is 0.244 e. The molecule has 1 amide bonds. The van der Waals surface area contributed by atoms with E-state index in [0.29, 0.717) is 0 Å². The van der Waals surface area contributed by atoms with Crippen molar-refractivity contribution in [2.75, 3.05) is 6.54 Å². The van der Waals surface area contributed by atoms with E-state index in [1.165, 1.54) is 18.2 Å². The van der Waals surface area contributed by atoms with Crippen molar-refractivity contribution in [2.45, 2.75) is 13.0 Å². The van der Waals surface area contributed by atoms with Gasteiger partial charge >= 0.3 is 0 Å². The topological polar surface area (TPSA) is 49.3 Å². The van der Waals surface area contributed by atoms with Crippen molar-refractivity contribution < 1.29 is 14.3 Å². The molecule has 1 aromatic carbocycles. The van der Waals surface area contributed by atoms with Crippen LogP contribution in [0.5, 0.6) is 0 Å². The molecule has 1 aromatic rings. The summed E-state index contributed by atoms with van der Waals surface area (Å²) in [5, 5.41) is 11.5. The Morgan fingerprint density at radius 2 is 2.12 bits per heavy atom. The van der Waals surface area contributed by atoms with Crippen molar-refractivity contribution in [1.29, 1.82) is 0 Å². The molecule has 0 radical (unpaired) electrons. The summed E-state index contributed by atoms with van der Waals surface area (Å²) in [5.74, 6) is -0.596. The summed E-state index contributed by atoms with van der Waals surface area (Å²) >= 11 is 0. The molecule has 86 valence electrons. The third-order valence-corrected chi connectivity index (χ3v) is 1.87. The molecule has 0 saturated heterocycles. The first-order valence-electron chi connectivity index (χ1n) is 4.97. The number of amides is 1. The van der Waals surface area contributed by atoms with Crippen LogP contribution in [0.15, 0.2) is 30.3 Å². The molecule has 0 aliphatic rings. The maximum atomic E-state index is 12.6. The summed E-state index contributed by atoms with van der Waals surface area (Å²) in [7, 11) is 0. The molecule has 0 bridgehead atoms. The quantitative estimate of drug-likeness (QED) is 0.757. The largest absolute Gasteiger partial charge is 0.392 e. The van der Waals surface area contributed by atoms with Crippen molar-refractivity contribution in [3.8, 4) is 0 Å². The van der Waals surface area contributed by atoms with Gasteiger partial charge in [-0.3, -0.25) is 4.79 Å². The lowest BCUT2D eigenvalue weighted by atomic mass is 10.2. The van der Waals surface area contributed by atoms with Crippen molar-refractivity contribution >= 4 is 12.0 Å². The average Bonchev–Trinajstić information content (AvgIpc) is 2.25. The van der Waals surface area contributed by atoms with Crippen LogP contribution in [0.4, 0.5) is 4.39 Å². The Morgan fingerprint density at radius 3 is 2.69 bits per heavy atom. The maximum absolute atomic E-state index is 12.6. The van der Waals surface area contributed by atoms with Gasteiger partial charge in [0.15, 0.2) is 0 Å². The molecule has 2 N–H and O–H groups in total. The number of nitrogens with one attached hydrogen (secondary N) is 1. The molecule has 16 heavy (non-hydrogen) atoms. The number of benzene rings is 1. The minimum Gasteiger partial charge on any atom is -0.392 e. The molecule has 0 fully saturated rings. The smallest absolute Gasteiger partial charge is 0.244 e. The van der Waals surface area contributed by atoms with Gasteiger partial charge < -0.3 is 10.4 Å². The zero-order valence-corrected chi connectivity index (χ0v) is 8.98. The monoisotopic (exact) mass is 223 g/mol. The van der Waals surface area contributed by atoms with Gasteiger partial charge in [0.25, 0.3) is 0 Å². The zero-order valence-electron chi connectivity index (χ0n) is 8.98. The van der Waals surface area contributed by atoms with Crippen LogP contribution in [0.25, 0.3) is 6.08 Å². The number of halogens is 1. The van der Waals surface area contributed by atoms with E-state index in [9.17, 15) is 9.18 Å². The third kappa shape index (κ3) is 4.70. The molecule has 0 aliphatic carbocycles. The summed E-state index contributed by atoms with van der Waals surface area (Å²) in [6.07, 6.45) is 2.36. The van der Waals surface area contributed by atoms with Gasteiger partial charge in [0.1, 0.15) is 5.82 Å². The van der Waals surface area contributed by atoms with Crippen molar-refractivity contribution in [3.63, 3.8) is 0 Å². The molecule has 3 nitrogen and oxygen atoms in total. The van der Waals surface area contributed by atoms with Gasteiger partial charge in [-0.15, -0.1) is 0 Å². The molecule has 0 saturated carbocycles. The summed E-state index contributed by atoms with van der Waals surface area (Å²) < 4.78 is 12.6. The summed E-state index contributed by atoms with van der Waals surface area (Å²) in [4.78, 5) is 11.2. The molecule has 0 heterocycles. The van der Waals surface area contributed by atoms with E-state index >= 15 is 0 Å². The third-order valence-electron chi connectivity index (χ3n) is 1.87. The van der Waals surface area contributed by atoms with Crippen LogP contribution in [0, 0.1) is 5.82 Å². The number of carbonyl (C=O) groups excluding carboxylic acids is 1. The molecule has 1 atom stereocenters. The number of hydrogen-bond donors (Lipinski definition) is 2. The molecule has 0 aliphatic heterocycles. The lowest BCUT2D eigenvalue weighted by Crippen LogP contribution is -2.28. The fraction of sp³-hybridized carbons (Fsp3) is 0.250. The van der Waals surface area contributed by atoms with Crippen LogP contribution in [-0.4, -0.2) is 23.7 Å². The SMILES string of the molecule is C[C@H](O)CNC(=O)/C=C/c1ccc(F)cc1. The highest BCUT2D eigenvalue weighted by atomic mass is 19.1. The molecular weight excluding hydrogens is 209 g/mol.